The Balaban J connectivity index is 2.42. The van der Waals surface area contributed by atoms with Crippen LogP contribution in [0.5, 0.6) is 5.75 Å². The van der Waals surface area contributed by atoms with E-state index in [1.54, 1.807) is 6.08 Å². The van der Waals surface area contributed by atoms with Gasteiger partial charge in [-0.2, -0.15) is 0 Å². The molecule has 152 valence electrons. The van der Waals surface area contributed by atoms with Crippen molar-refractivity contribution < 1.29 is 9.29 Å². The van der Waals surface area contributed by atoms with Crippen molar-refractivity contribution in [2.45, 2.75) is 57.7 Å². The van der Waals surface area contributed by atoms with Crippen molar-refractivity contribution in [1.82, 2.24) is 10.0 Å². The minimum Gasteiger partial charge on any atom is -0.598 e. The molecule has 1 fully saturated rings. The summed E-state index contributed by atoms with van der Waals surface area (Å²) < 4.78 is 22.2. The van der Waals surface area contributed by atoms with E-state index < -0.39 is 11.4 Å². The summed E-state index contributed by atoms with van der Waals surface area (Å²) >= 11 is 5.29. The van der Waals surface area contributed by atoms with Crippen molar-refractivity contribution in [3.63, 3.8) is 0 Å². The van der Waals surface area contributed by atoms with Crippen LogP contribution in [0.3, 0.4) is 0 Å². The molecule has 0 radical (unpaired) electrons. The zero-order valence-corrected chi connectivity index (χ0v) is 18.5. The number of aryl methyl sites for hydroxylation is 1. The van der Waals surface area contributed by atoms with Gasteiger partial charge in [-0.25, -0.2) is 0 Å². The molecule has 1 saturated heterocycles. The summed E-state index contributed by atoms with van der Waals surface area (Å²) in [6, 6.07) is 3.88. The highest BCUT2D eigenvalue weighted by atomic mass is 35.5. The van der Waals surface area contributed by atoms with E-state index in [-0.39, 0.29) is 10.8 Å². The predicted octanol–water partition coefficient (Wildman–Crippen LogP) is 4.70. The largest absolute Gasteiger partial charge is 0.598 e. The van der Waals surface area contributed by atoms with Crippen LogP contribution in [0.15, 0.2) is 24.8 Å². The minimum atomic E-state index is -1.18. The van der Waals surface area contributed by atoms with E-state index in [9.17, 15) is 4.55 Å². The average Bonchev–Trinajstić information content (AvgIpc) is 2.67. The van der Waals surface area contributed by atoms with Crippen molar-refractivity contribution in [3.05, 3.63) is 40.9 Å². The van der Waals surface area contributed by atoms with Gasteiger partial charge in [0.15, 0.2) is 0 Å². The van der Waals surface area contributed by atoms with Gasteiger partial charge < -0.3 is 14.6 Å². The first-order valence-corrected chi connectivity index (χ1v) is 11.3. The van der Waals surface area contributed by atoms with Crippen LogP contribution in [0.25, 0.3) is 0 Å². The molecule has 0 aliphatic carbocycles. The van der Waals surface area contributed by atoms with Gasteiger partial charge in [0, 0.05) is 21.9 Å². The number of hydrogen-bond acceptors (Lipinski definition) is 4. The van der Waals surface area contributed by atoms with Gasteiger partial charge >= 0.3 is 0 Å². The molecule has 0 bridgehead atoms. The zero-order chi connectivity index (χ0) is 20.0. The van der Waals surface area contributed by atoms with E-state index in [1.165, 1.54) is 0 Å². The van der Waals surface area contributed by atoms with Gasteiger partial charge in [-0.05, 0) is 76.7 Å². The molecule has 0 saturated carbocycles. The van der Waals surface area contributed by atoms with Gasteiger partial charge in [0.05, 0.1) is 6.04 Å². The minimum absolute atomic E-state index is 0.0725. The number of piperidine rings is 1. The van der Waals surface area contributed by atoms with Gasteiger partial charge in [0.2, 0.25) is 0 Å². The van der Waals surface area contributed by atoms with E-state index >= 15 is 0 Å². The number of hydrogen-bond donors (Lipinski definition) is 2. The summed E-state index contributed by atoms with van der Waals surface area (Å²) in [6.45, 7) is 14.2. The van der Waals surface area contributed by atoms with Crippen molar-refractivity contribution in [1.29, 1.82) is 0 Å². The van der Waals surface area contributed by atoms with Gasteiger partial charge in [-0.15, -0.1) is 4.72 Å². The molecule has 2 atom stereocenters. The molecule has 6 heteroatoms. The lowest BCUT2D eigenvalue weighted by Gasteiger charge is -2.36. The summed E-state index contributed by atoms with van der Waals surface area (Å²) in [6.07, 6.45) is 4.61. The molecular weight excluding hydrogens is 380 g/mol. The number of benzene rings is 1. The first-order chi connectivity index (χ1) is 12.8. The van der Waals surface area contributed by atoms with Crippen LogP contribution in [0, 0.1) is 12.8 Å². The lowest BCUT2D eigenvalue weighted by Crippen LogP contribution is -2.46. The molecule has 27 heavy (non-hydrogen) atoms. The van der Waals surface area contributed by atoms with Crippen LogP contribution in [0.2, 0.25) is 5.02 Å². The molecule has 4 nitrogen and oxygen atoms in total. The molecule has 1 heterocycles. The van der Waals surface area contributed by atoms with Crippen molar-refractivity contribution in [2.24, 2.45) is 5.92 Å². The summed E-state index contributed by atoms with van der Waals surface area (Å²) in [4.78, 5) is 0. The Morgan fingerprint density at radius 2 is 2.11 bits per heavy atom. The molecular formula is C21H33ClN2O2S. The summed E-state index contributed by atoms with van der Waals surface area (Å²) in [7, 11) is 0. The van der Waals surface area contributed by atoms with Crippen LogP contribution in [-0.2, 0) is 11.4 Å². The van der Waals surface area contributed by atoms with Gasteiger partial charge in [-0.3, -0.25) is 0 Å². The van der Waals surface area contributed by atoms with E-state index in [1.807, 2.05) is 32.9 Å². The lowest BCUT2D eigenvalue weighted by atomic mass is 9.86. The number of nitrogens with one attached hydrogen (secondary N) is 2. The fourth-order valence-corrected chi connectivity index (χ4v) is 4.49. The molecule has 1 unspecified atom stereocenters. The molecule has 1 aromatic carbocycles. The third-order valence-electron chi connectivity index (χ3n) is 5.43. The Hall–Kier alpha value is -0.720. The normalized spacial score (nSPS) is 18.1. The predicted molar refractivity (Wildman–Crippen MR) is 116 cm³/mol. The van der Waals surface area contributed by atoms with E-state index in [0.717, 1.165) is 49.2 Å². The zero-order valence-electron chi connectivity index (χ0n) is 16.9. The van der Waals surface area contributed by atoms with Crippen molar-refractivity contribution in [3.8, 4) is 5.75 Å². The molecule has 2 rings (SSSR count). The molecule has 1 aromatic rings. The fraction of sp³-hybridized carbons (Fsp3) is 0.619. The first-order valence-electron chi connectivity index (χ1n) is 9.72. The quantitative estimate of drug-likeness (QED) is 0.456. The van der Waals surface area contributed by atoms with Gasteiger partial charge in [0.1, 0.15) is 17.1 Å². The van der Waals surface area contributed by atoms with E-state index in [2.05, 4.69) is 23.5 Å². The van der Waals surface area contributed by atoms with Crippen LogP contribution < -0.4 is 14.8 Å². The molecule has 0 aromatic heterocycles. The Morgan fingerprint density at radius 3 is 2.70 bits per heavy atom. The number of ether oxygens (including phenoxy) is 1. The maximum Gasteiger partial charge on any atom is 0.139 e. The molecule has 1 aliphatic rings. The fourth-order valence-electron chi connectivity index (χ4n) is 3.18. The molecule has 0 amide bonds. The van der Waals surface area contributed by atoms with Crippen LogP contribution in [0.4, 0.5) is 0 Å². The Labute approximate surface area is 172 Å². The summed E-state index contributed by atoms with van der Waals surface area (Å²) in [5.74, 6) is 1.16. The van der Waals surface area contributed by atoms with Gasteiger partial charge in [-0.1, -0.05) is 31.2 Å². The van der Waals surface area contributed by atoms with Crippen LogP contribution in [0.1, 0.15) is 57.2 Å². The highest BCUT2D eigenvalue weighted by molar-refractivity contribution is 7.90. The average molecular weight is 413 g/mol. The summed E-state index contributed by atoms with van der Waals surface area (Å²) in [5, 5.41) is 4.12. The molecule has 1 aliphatic heterocycles. The topological polar surface area (TPSA) is 56.3 Å². The number of rotatable bonds is 9. The first kappa shape index (κ1) is 22.6. The lowest BCUT2D eigenvalue weighted by molar-refractivity contribution is 0.292. The van der Waals surface area contributed by atoms with Gasteiger partial charge in [0.25, 0.3) is 0 Å². The second kappa shape index (κ2) is 10.2. The Morgan fingerprint density at radius 1 is 1.44 bits per heavy atom. The maximum atomic E-state index is 13.1. The van der Waals surface area contributed by atoms with Crippen LogP contribution in [-0.4, -0.2) is 29.0 Å². The number of halogens is 1. The highest BCUT2D eigenvalue weighted by Gasteiger charge is 2.37. The maximum absolute atomic E-state index is 13.1. The second-order valence-electron chi connectivity index (χ2n) is 7.80. The second-order valence-corrected chi connectivity index (χ2v) is 10.1. The third kappa shape index (κ3) is 5.88. The highest BCUT2D eigenvalue weighted by Crippen LogP contribution is 2.39. The Kier molecular flexibility index (Phi) is 8.50. The Bertz CT molecular complexity index is 633. The monoisotopic (exact) mass is 412 g/mol. The third-order valence-corrected chi connectivity index (χ3v) is 7.59. The SMILES string of the molecule is C=CCOc1cc(C)c(Cl)cc1[C@H](N[S+]([O-])C(C)(C)CC)C1CCNCC1. The smallest absolute Gasteiger partial charge is 0.139 e. The molecule has 0 spiro atoms. The van der Waals surface area contributed by atoms with Crippen molar-refractivity contribution in [2.75, 3.05) is 19.7 Å². The molecule has 2 N–H and O–H groups in total. The van der Waals surface area contributed by atoms with E-state index in [4.69, 9.17) is 16.3 Å². The summed E-state index contributed by atoms with van der Waals surface area (Å²) in [5.41, 5.74) is 1.96. The standard InChI is InChI=1S/C21H33ClN2O2S/c1-6-12-26-19-13-15(3)18(22)14-17(19)20(16-8-10-23-11-9-16)24-27(25)21(4,5)7-2/h6,13-14,16,20,23-24H,1,7-12H2,2-5H3/t20-,27?/m1/s1. The van der Waals surface area contributed by atoms with Crippen molar-refractivity contribution >= 4 is 23.0 Å². The van der Waals surface area contributed by atoms with Crippen LogP contribution >= 0.6 is 11.6 Å². The van der Waals surface area contributed by atoms with E-state index in [0.29, 0.717) is 17.5 Å².